The van der Waals surface area contributed by atoms with Crippen molar-refractivity contribution in [2.24, 2.45) is 0 Å². The number of aryl methyl sites for hydroxylation is 1. The fraction of sp³-hybridized carbons (Fsp3) is 0.294. The van der Waals surface area contributed by atoms with E-state index in [1.165, 1.54) is 23.8 Å². The smallest absolute Gasteiger partial charge is 0.240 e. The van der Waals surface area contributed by atoms with Crippen LogP contribution in [0.15, 0.2) is 53.4 Å². The molecule has 23 heavy (non-hydrogen) atoms. The molecule has 0 aliphatic heterocycles. The molecule has 1 unspecified atom stereocenters. The first-order valence-electron chi connectivity index (χ1n) is 7.42. The Morgan fingerprint density at radius 2 is 1.87 bits per heavy atom. The summed E-state index contributed by atoms with van der Waals surface area (Å²) in [5, 5.41) is 10.7. The maximum absolute atomic E-state index is 13.2. The molecule has 2 aromatic rings. The monoisotopic (exact) mass is 335 g/mol. The molecule has 1 aliphatic rings. The molecule has 122 valence electrons. The number of nitrogens with one attached hydrogen (secondary N) is 1. The van der Waals surface area contributed by atoms with Gasteiger partial charge in [0.15, 0.2) is 0 Å². The Labute approximate surface area is 135 Å². The molecule has 2 N–H and O–H groups in total. The third-order valence-corrected chi connectivity index (χ3v) is 5.59. The lowest BCUT2D eigenvalue weighted by Crippen LogP contribution is -2.46. The van der Waals surface area contributed by atoms with Crippen LogP contribution < -0.4 is 4.72 Å². The van der Waals surface area contributed by atoms with Gasteiger partial charge in [0.2, 0.25) is 10.0 Å². The molecule has 2 aromatic carbocycles. The zero-order valence-electron chi connectivity index (χ0n) is 12.5. The van der Waals surface area contributed by atoms with Crippen molar-refractivity contribution >= 4 is 10.0 Å². The van der Waals surface area contributed by atoms with E-state index in [2.05, 4.69) is 4.72 Å². The van der Waals surface area contributed by atoms with Crippen LogP contribution in [-0.4, -0.2) is 25.7 Å². The second-order valence-electron chi connectivity index (χ2n) is 5.95. The number of halogens is 1. The van der Waals surface area contributed by atoms with Gasteiger partial charge in [-0.05, 0) is 42.2 Å². The van der Waals surface area contributed by atoms with Crippen LogP contribution >= 0.6 is 0 Å². The SMILES string of the molecule is O=S(=O)(NCC1(O)CCc2ccccc2C1)c1cccc(F)c1. The predicted molar refractivity (Wildman–Crippen MR) is 85.0 cm³/mol. The Bertz CT molecular complexity index is 822. The highest BCUT2D eigenvalue weighted by molar-refractivity contribution is 7.89. The average molecular weight is 335 g/mol. The van der Waals surface area contributed by atoms with E-state index in [1.54, 1.807) is 0 Å². The lowest BCUT2D eigenvalue weighted by atomic mass is 9.80. The van der Waals surface area contributed by atoms with E-state index in [-0.39, 0.29) is 11.4 Å². The van der Waals surface area contributed by atoms with Gasteiger partial charge in [-0.2, -0.15) is 0 Å². The third kappa shape index (κ3) is 3.60. The van der Waals surface area contributed by atoms with Gasteiger partial charge in [0.05, 0.1) is 10.5 Å². The predicted octanol–water partition coefficient (Wildman–Crippen LogP) is 2.02. The Morgan fingerprint density at radius 1 is 1.13 bits per heavy atom. The van der Waals surface area contributed by atoms with E-state index in [9.17, 15) is 17.9 Å². The number of benzene rings is 2. The summed E-state index contributed by atoms with van der Waals surface area (Å²) in [7, 11) is -3.85. The summed E-state index contributed by atoms with van der Waals surface area (Å²) in [6.45, 7) is -0.0970. The lowest BCUT2D eigenvalue weighted by molar-refractivity contribution is 0.0317. The summed E-state index contributed by atoms with van der Waals surface area (Å²) in [5.41, 5.74) is 1.09. The molecule has 6 heteroatoms. The Hall–Kier alpha value is -1.76. The molecule has 0 spiro atoms. The highest BCUT2D eigenvalue weighted by atomic mass is 32.2. The fourth-order valence-corrected chi connectivity index (χ4v) is 4.03. The van der Waals surface area contributed by atoms with Crippen LogP contribution in [-0.2, 0) is 22.9 Å². The minimum absolute atomic E-state index is 0.0970. The maximum atomic E-state index is 13.2. The summed E-state index contributed by atoms with van der Waals surface area (Å²) in [4.78, 5) is -0.141. The van der Waals surface area contributed by atoms with Gasteiger partial charge in [-0.1, -0.05) is 30.3 Å². The summed E-state index contributed by atoms with van der Waals surface area (Å²) < 4.78 is 40.0. The molecule has 0 aromatic heterocycles. The molecule has 0 amide bonds. The van der Waals surface area contributed by atoms with E-state index in [0.717, 1.165) is 11.6 Å². The second-order valence-corrected chi connectivity index (χ2v) is 7.72. The van der Waals surface area contributed by atoms with E-state index in [4.69, 9.17) is 0 Å². The molecule has 0 radical (unpaired) electrons. The zero-order chi connectivity index (χ0) is 16.5. The molecule has 0 bridgehead atoms. The first-order valence-corrected chi connectivity index (χ1v) is 8.91. The van der Waals surface area contributed by atoms with Crippen molar-refractivity contribution in [3.05, 3.63) is 65.5 Å². The van der Waals surface area contributed by atoms with Crippen molar-refractivity contribution in [2.45, 2.75) is 29.8 Å². The van der Waals surface area contributed by atoms with Crippen molar-refractivity contribution in [3.63, 3.8) is 0 Å². The van der Waals surface area contributed by atoms with E-state index in [1.807, 2.05) is 24.3 Å². The summed E-state index contributed by atoms with van der Waals surface area (Å²) >= 11 is 0. The van der Waals surface area contributed by atoms with Crippen molar-refractivity contribution in [1.82, 2.24) is 4.72 Å². The largest absolute Gasteiger partial charge is 0.388 e. The Kier molecular flexibility index (Phi) is 4.23. The highest BCUT2D eigenvalue weighted by Crippen LogP contribution is 2.28. The minimum Gasteiger partial charge on any atom is -0.388 e. The summed E-state index contributed by atoms with van der Waals surface area (Å²) in [6.07, 6.45) is 1.58. The van der Waals surface area contributed by atoms with Crippen LogP contribution in [0.3, 0.4) is 0 Å². The minimum atomic E-state index is -3.85. The van der Waals surface area contributed by atoms with Gasteiger partial charge in [-0.15, -0.1) is 0 Å². The first-order chi connectivity index (χ1) is 10.9. The Morgan fingerprint density at radius 3 is 2.61 bits per heavy atom. The van der Waals surface area contributed by atoms with Crippen LogP contribution in [0, 0.1) is 5.82 Å². The van der Waals surface area contributed by atoms with Crippen LogP contribution in [0.25, 0.3) is 0 Å². The molecule has 4 nitrogen and oxygen atoms in total. The van der Waals surface area contributed by atoms with Crippen molar-refractivity contribution in [1.29, 1.82) is 0 Å². The normalized spacial score (nSPS) is 21.0. The average Bonchev–Trinajstić information content (AvgIpc) is 2.53. The third-order valence-electron chi connectivity index (χ3n) is 4.20. The van der Waals surface area contributed by atoms with Crippen LogP contribution in [0.1, 0.15) is 17.5 Å². The number of sulfonamides is 1. The highest BCUT2D eigenvalue weighted by Gasteiger charge is 2.33. The van der Waals surface area contributed by atoms with E-state index < -0.39 is 21.4 Å². The van der Waals surface area contributed by atoms with Gasteiger partial charge in [0.1, 0.15) is 5.82 Å². The number of hydrogen-bond acceptors (Lipinski definition) is 3. The van der Waals surface area contributed by atoms with Gasteiger partial charge >= 0.3 is 0 Å². The maximum Gasteiger partial charge on any atom is 0.240 e. The molecule has 1 aliphatic carbocycles. The van der Waals surface area contributed by atoms with Gasteiger partial charge in [-0.25, -0.2) is 17.5 Å². The Balaban J connectivity index is 1.73. The van der Waals surface area contributed by atoms with Gasteiger partial charge < -0.3 is 5.11 Å². The van der Waals surface area contributed by atoms with Crippen molar-refractivity contribution < 1.29 is 17.9 Å². The van der Waals surface area contributed by atoms with Crippen LogP contribution in [0.5, 0.6) is 0 Å². The lowest BCUT2D eigenvalue weighted by Gasteiger charge is -2.33. The van der Waals surface area contributed by atoms with E-state index in [0.29, 0.717) is 19.3 Å². The van der Waals surface area contributed by atoms with E-state index >= 15 is 0 Å². The number of aliphatic hydroxyl groups is 1. The van der Waals surface area contributed by atoms with Crippen molar-refractivity contribution in [3.8, 4) is 0 Å². The quantitative estimate of drug-likeness (QED) is 0.898. The molecular weight excluding hydrogens is 317 g/mol. The van der Waals surface area contributed by atoms with Gasteiger partial charge in [0, 0.05) is 13.0 Å². The molecule has 0 fully saturated rings. The molecule has 0 saturated carbocycles. The molecule has 0 heterocycles. The second kappa shape index (κ2) is 6.03. The fourth-order valence-electron chi connectivity index (χ4n) is 2.88. The number of fused-ring (bicyclic) bond motifs is 1. The molecule has 0 saturated heterocycles. The van der Waals surface area contributed by atoms with Crippen LogP contribution in [0.4, 0.5) is 4.39 Å². The first kappa shape index (κ1) is 16.1. The molecular formula is C17H18FNO3S. The summed E-state index contributed by atoms with van der Waals surface area (Å²) in [6, 6.07) is 12.6. The molecule has 3 rings (SSSR count). The van der Waals surface area contributed by atoms with Crippen LogP contribution in [0.2, 0.25) is 0 Å². The number of rotatable bonds is 4. The number of hydrogen-bond donors (Lipinski definition) is 2. The van der Waals surface area contributed by atoms with Crippen molar-refractivity contribution in [2.75, 3.05) is 6.54 Å². The molecule has 1 atom stereocenters. The standard InChI is InChI=1S/C17H18FNO3S/c18-15-6-3-7-16(10-15)23(21,22)19-12-17(20)9-8-13-4-1-2-5-14(13)11-17/h1-7,10,19-20H,8-9,11-12H2. The van der Waals surface area contributed by atoms with Gasteiger partial charge in [-0.3, -0.25) is 0 Å². The summed E-state index contributed by atoms with van der Waals surface area (Å²) in [5.74, 6) is -0.613. The zero-order valence-corrected chi connectivity index (χ0v) is 13.3. The van der Waals surface area contributed by atoms with Gasteiger partial charge in [0.25, 0.3) is 0 Å². The topological polar surface area (TPSA) is 66.4 Å².